The highest BCUT2D eigenvalue weighted by molar-refractivity contribution is 6.12. The monoisotopic (exact) mass is 635 g/mol. The maximum atomic E-state index is 9.51. The minimum Gasteiger partial charge on any atom is -0.318 e. The van der Waals surface area contributed by atoms with Gasteiger partial charge in [0.1, 0.15) is 0 Å². The van der Waals surface area contributed by atoms with Gasteiger partial charge in [0.25, 0.3) is 0 Å². The minimum absolute atomic E-state index is 0.563. The summed E-state index contributed by atoms with van der Waals surface area (Å²) in [6.45, 7) is 15.7. The Balaban J connectivity index is 1.13. The van der Waals surface area contributed by atoms with Crippen molar-refractivity contribution in [3.63, 3.8) is 0 Å². The Labute approximate surface area is 288 Å². The number of hydrogen-bond donors (Lipinski definition) is 0. The van der Waals surface area contributed by atoms with Crippen LogP contribution in [0, 0.1) is 24.5 Å². The molecule has 0 radical (unpaired) electrons. The van der Waals surface area contributed by atoms with Gasteiger partial charge < -0.3 is 9.13 Å². The summed E-state index contributed by atoms with van der Waals surface area (Å²) in [5.41, 5.74) is 12.0. The molecule has 0 spiro atoms. The fraction of sp³-hybridized carbons (Fsp3) is 0. The number of fused-ring (bicyclic) bond motifs is 6. The Bertz CT molecular complexity index is 2940. The van der Waals surface area contributed by atoms with Crippen molar-refractivity contribution < 1.29 is 0 Å². The van der Waals surface area contributed by atoms with E-state index in [1.807, 2.05) is 72.8 Å². The van der Waals surface area contributed by atoms with Crippen molar-refractivity contribution in [3.8, 4) is 39.7 Å². The Hall–Kier alpha value is -7.39. The zero-order valence-corrected chi connectivity index (χ0v) is 26.7. The first-order valence-electron chi connectivity index (χ1n) is 16.2. The molecule has 9 rings (SSSR count). The van der Waals surface area contributed by atoms with Crippen LogP contribution < -0.4 is 0 Å². The van der Waals surface area contributed by atoms with E-state index in [1.165, 1.54) is 0 Å². The van der Waals surface area contributed by atoms with E-state index in [0.717, 1.165) is 77.2 Å². The maximum Gasteiger partial charge on any atom is 0.211 e. The van der Waals surface area contributed by atoms with Crippen molar-refractivity contribution in [1.29, 1.82) is 5.26 Å². The zero-order valence-electron chi connectivity index (χ0n) is 26.7. The van der Waals surface area contributed by atoms with Gasteiger partial charge in [-0.3, -0.25) is 0 Å². The van der Waals surface area contributed by atoms with E-state index in [2.05, 4.69) is 104 Å². The highest BCUT2D eigenvalue weighted by Crippen LogP contribution is 2.42. The molecule has 5 heteroatoms. The molecule has 7 aromatic carbocycles. The quantitative estimate of drug-likeness (QED) is 0.177. The van der Waals surface area contributed by atoms with Crippen LogP contribution in [-0.4, -0.2) is 9.13 Å². The summed E-state index contributed by atoms with van der Waals surface area (Å²) in [6.07, 6.45) is 0. The third kappa shape index (κ3) is 4.38. The molecule has 0 fully saturated rings. The number of nitriles is 1. The highest BCUT2D eigenvalue weighted by atomic mass is 15.0. The van der Waals surface area contributed by atoms with Gasteiger partial charge in [0, 0.05) is 21.8 Å². The summed E-state index contributed by atoms with van der Waals surface area (Å²) in [5.74, 6) is 0. The summed E-state index contributed by atoms with van der Waals surface area (Å²) in [7, 11) is 0. The normalized spacial score (nSPS) is 11.1. The van der Waals surface area contributed by atoms with E-state index in [9.17, 15) is 5.26 Å². The first-order chi connectivity index (χ1) is 24.7. The molecule has 0 saturated heterocycles. The molecule has 0 saturated carbocycles. The molecular formula is C45H25N5. The number of para-hydroxylation sites is 3. The van der Waals surface area contributed by atoms with Gasteiger partial charge in [-0.05, 0) is 82.2 Å². The third-order valence-corrected chi connectivity index (χ3v) is 9.60. The highest BCUT2D eigenvalue weighted by Gasteiger charge is 2.19. The first-order valence-corrected chi connectivity index (χ1v) is 16.2. The van der Waals surface area contributed by atoms with E-state index < -0.39 is 0 Å². The lowest BCUT2D eigenvalue weighted by Gasteiger charge is -2.16. The fourth-order valence-electron chi connectivity index (χ4n) is 7.33. The summed E-state index contributed by atoms with van der Waals surface area (Å²) >= 11 is 0. The molecule has 0 aliphatic rings. The van der Waals surface area contributed by atoms with E-state index in [-0.39, 0.29) is 0 Å². The lowest BCUT2D eigenvalue weighted by molar-refractivity contribution is 1.18. The molecule has 2 aromatic heterocycles. The molecule has 0 aliphatic carbocycles. The van der Waals surface area contributed by atoms with Crippen LogP contribution in [0.1, 0.15) is 5.56 Å². The second-order valence-electron chi connectivity index (χ2n) is 12.3. The van der Waals surface area contributed by atoms with E-state index in [1.54, 1.807) is 0 Å². The maximum absolute atomic E-state index is 9.51. The number of aromatic nitrogens is 2. The van der Waals surface area contributed by atoms with Crippen molar-refractivity contribution in [1.82, 2.24) is 9.13 Å². The third-order valence-electron chi connectivity index (χ3n) is 9.60. The van der Waals surface area contributed by atoms with Crippen LogP contribution in [0.3, 0.4) is 0 Å². The number of benzene rings is 7. The molecule has 2 heterocycles. The van der Waals surface area contributed by atoms with Crippen LogP contribution in [-0.2, 0) is 0 Å². The fourth-order valence-corrected chi connectivity index (χ4v) is 7.33. The lowest BCUT2D eigenvalue weighted by Crippen LogP contribution is -1.97. The molecule has 0 atom stereocenters. The average molecular weight is 636 g/mol. The van der Waals surface area contributed by atoms with Gasteiger partial charge in [-0.2, -0.15) is 5.26 Å². The summed E-state index contributed by atoms with van der Waals surface area (Å²) in [4.78, 5) is 7.64. The largest absolute Gasteiger partial charge is 0.318 e. The second kappa shape index (κ2) is 11.4. The first kappa shape index (κ1) is 28.8. The predicted octanol–water partition coefficient (Wildman–Crippen LogP) is 12.2. The molecule has 9 aromatic rings. The number of rotatable bonds is 4. The van der Waals surface area contributed by atoms with Crippen LogP contribution in [0.2, 0.25) is 0 Å². The van der Waals surface area contributed by atoms with Crippen LogP contribution in [0.15, 0.2) is 152 Å². The summed E-state index contributed by atoms with van der Waals surface area (Å²) < 4.78 is 4.42. The SMILES string of the molecule is [C-]#[N+]c1ccc2c(c1)c1ccccc1n2-c1c([N+]#[C-])cccc1-c1ccc(-c2ccc(-n3c4ccccc4c4cc(C#N)ccc43)cc2)cc1. The van der Waals surface area contributed by atoms with Crippen molar-refractivity contribution >= 4 is 55.0 Å². The van der Waals surface area contributed by atoms with Crippen molar-refractivity contribution in [3.05, 3.63) is 180 Å². The van der Waals surface area contributed by atoms with Gasteiger partial charge >= 0.3 is 0 Å². The zero-order chi connectivity index (χ0) is 33.8. The Morgan fingerprint density at radius 3 is 1.74 bits per heavy atom. The van der Waals surface area contributed by atoms with Crippen molar-refractivity contribution in [2.75, 3.05) is 0 Å². The number of nitrogens with zero attached hydrogens (tertiary/aromatic N) is 5. The van der Waals surface area contributed by atoms with E-state index in [0.29, 0.717) is 16.9 Å². The van der Waals surface area contributed by atoms with Crippen molar-refractivity contribution in [2.45, 2.75) is 0 Å². The van der Waals surface area contributed by atoms with Gasteiger partial charge in [-0.15, -0.1) is 0 Å². The van der Waals surface area contributed by atoms with E-state index >= 15 is 0 Å². The Kier molecular flexibility index (Phi) is 6.56. The molecule has 0 unspecified atom stereocenters. The molecule has 0 amide bonds. The molecule has 5 nitrogen and oxygen atoms in total. The smallest absolute Gasteiger partial charge is 0.211 e. The van der Waals surface area contributed by atoms with Crippen LogP contribution in [0.4, 0.5) is 11.4 Å². The van der Waals surface area contributed by atoms with Gasteiger partial charge in [0.2, 0.25) is 5.69 Å². The Morgan fingerprint density at radius 1 is 0.480 bits per heavy atom. The van der Waals surface area contributed by atoms with Crippen molar-refractivity contribution in [2.24, 2.45) is 0 Å². The van der Waals surface area contributed by atoms with Crippen LogP contribution in [0.5, 0.6) is 0 Å². The molecule has 0 bridgehead atoms. The number of hydrogen-bond acceptors (Lipinski definition) is 1. The second-order valence-corrected chi connectivity index (χ2v) is 12.3. The molecule has 230 valence electrons. The van der Waals surface area contributed by atoms with Crippen LogP contribution in [0.25, 0.3) is 86.9 Å². The lowest BCUT2D eigenvalue weighted by atomic mass is 9.98. The molecule has 0 N–H and O–H groups in total. The minimum atomic E-state index is 0.563. The van der Waals surface area contributed by atoms with E-state index in [4.69, 9.17) is 13.1 Å². The van der Waals surface area contributed by atoms with Crippen LogP contribution >= 0.6 is 0 Å². The van der Waals surface area contributed by atoms with Gasteiger partial charge in [-0.25, -0.2) is 9.69 Å². The van der Waals surface area contributed by atoms with Gasteiger partial charge in [-0.1, -0.05) is 97.1 Å². The van der Waals surface area contributed by atoms with Gasteiger partial charge in [0.05, 0.1) is 52.5 Å². The Morgan fingerprint density at radius 2 is 1.06 bits per heavy atom. The molecule has 50 heavy (non-hydrogen) atoms. The molecule has 0 aliphatic heterocycles. The molecular weight excluding hydrogens is 611 g/mol. The topological polar surface area (TPSA) is 42.4 Å². The summed E-state index contributed by atoms with van der Waals surface area (Å²) in [6, 6.07) is 53.4. The summed E-state index contributed by atoms with van der Waals surface area (Å²) in [5, 5.41) is 13.7. The standard InChI is InChI=1S/C45H25N5/c1-47-33-21-25-44-39(27-33)37-9-4-6-13-42(37)50(44)45-35(10-7-11-40(45)48-2)32-17-15-30(16-18-32)31-19-22-34(23-20-31)49-41-12-5-3-8-36(41)38-26-29(28-46)14-24-43(38)49/h3-27H. The van der Waals surface area contributed by atoms with Gasteiger partial charge in [0.15, 0.2) is 5.69 Å². The average Bonchev–Trinajstić information content (AvgIpc) is 3.69. The predicted molar refractivity (Wildman–Crippen MR) is 203 cm³/mol.